The quantitative estimate of drug-likeness (QED) is 0.905. The molecule has 0 atom stereocenters. The number of thiophene rings is 1. The second kappa shape index (κ2) is 5.28. The molecular formula is C12H14N2O3S2. The number of aliphatic hydroxyl groups is 1. The molecule has 0 unspecified atom stereocenters. The van der Waals surface area contributed by atoms with Gasteiger partial charge in [-0.1, -0.05) is 0 Å². The van der Waals surface area contributed by atoms with Gasteiger partial charge in [-0.2, -0.15) is 0 Å². The van der Waals surface area contributed by atoms with Gasteiger partial charge in [-0.25, -0.2) is 8.42 Å². The first kappa shape index (κ1) is 14.0. The summed E-state index contributed by atoms with van der Waals surface area (Å²) >= 11 is 1.23. The summed E-state index contributed by atoms with van der Waals surface area (Å²) in [5.41, 5.74) is 1.86. The minimum atomic E-state index is -3.71. The van der Waals surface area contributed by atoms with Crippen LogP contribution >= 0.6 is 11.3 Å². The average Bonchev–Trinajstić information content (AvgIpc) is 2.74. The average molecular weight is 298 g/mol. The fourth-order valence-electron chi connectivity index (χ4n) is 1.72. The van der Waals surface area contributed by atoms with E-state index in [2.05, 4.69) is 9.71 Å². The molecule has 0 saturated carbocycles. The van der Waals surface area contributed by atoms with E-state index in [4.69, 9.17) is 0 Å². The molecule has 0 fully saturated rings. The summed E-state index contributed by atoms with van der Waals surface area (Å²) < 4.78 is 27.3. The Kier molecular flexibility index (Phi) is 3.88. The molecule has 2 heterocycles. The van der Waals surface area contributed by atoms with E-state index in [0.717, 1.165) is 5.56 Å². The molecule has 0 radical (unpaired) electrons. The number of sulfonamides is 1. The van der Waals surface area contributed by atoms with Crippen molar-refractivity contribution >= 4 is 27.0 Å². The Bertz CT molecular complexity index is 693. The van der Waals surface area contributed by atoms with E-state index in [1.165, 1.54) is 17.5 Å². The predicted molar refractivity (Wildman–Crippen MR) is 74.8 cm³/mol. The highest BCUT2D eigenvalue weighted by Crippen LogP contribution is 2.29. The maximum absolute atomic E-state index is 12.4. The van der Waals surface area contributed by atoms with Crippen molar-refractivity contribution in [1.29, 1.82) is 0 Å². The standard InChI is InChI=1S/C12H14N2O3S2/c1-8-3-4-13-5-10(8)14-19(16,17)12-9(2)7-18-11(12)6-15/h3-5,7,14-15H,6H2,1-2H3. The smallest absolute Gasteiger partial charge is 0.263 e. The molecule has 0 aliphatic heterocycles. The Morgan fingerprint density at radius 2 is 2.11 bits per heavy atom. The number of aliphatic hydroxyl groups excluding tert-OH is 1. The molecule has 2 N–H and O–H groups in total. The Hall–Kier alpha value is -1.44. The van der Waals surface area contributed by atoms with Gasteiger partial charge >= 0.3 is 0 Å². The normalized spacial score (nSPS) is 11.5. The van der Waals surface area contributed by atoms with Gasteiger partial charge in [-0.15, -0.1) is 11.3 Å². The number of anilines is 1. The van der Waals surface area contributed by atoms with Crippen molar-refractivity contribution in [2.24, 2.45) is 0 Å². The van der Waals surface area contributed by atoms with Crippen LogP contribution in [0.15, 0.2) is 28.7 Å². The third kappa shape index (κ3) is 2.78. The number of aryl methyl sites for hydroxylation is 2. The van der Waals surface area contributed by atoms with Gasteiger partial charge in [0.2, 0.25) is 0 Å². The SMILES string of the molecule is Cc1ccncc1NS(=O)(=O)c1c(C)csc1CO. The van der Waals surface area contributed by atoms with Gasteiger partial charge in [0, 0.05) is 6.20 Å². The number of rotatable bonds is 4. The van der Waals surface area contributed by atoms with Crippen LogP contribution in [-0.2, 0) is 16.6 Å². The van der Waals surface area contributed by atoms with Crippen LogP contribution in [0.25, 0.3) is 0 Å². The first-order valence-corrected chi connectivity index (χ1v) is 7.93. The number of hydrogen-bond donors (Lipinski definition) is 2. The van der Waals surface area contributed by atoms with Gasteiger partial charge in [0.25, 0.3) is 10.0 Å². The second-order valence-corrected chi connectivity index (χ2v) is 6.71. The minimum Gasteiger partial charge on any atom is -0.391 e. The zero-order valence-corrected chi connectivity index (χ0v) is 12.2. The molecule has 102 valence electrons. The third-order valence-electron chi connectivity index (χ3n) is 2.69. The molecule has 19 heavy (non-hydrogen) atoms. The summed E-state index contributed by atoms with van der Waals surface area (Å²) in [7, 11) is -3.71. The predicted octanol–water partition coefficient (Wildman–Crippen LogP) is 2.05. The Morgan fingerprint density at radius 3 is 2.74 bits per heavy atom. The first-order valence-electron chi connectivity index (χ1n) is 5.57. The molecule has 0 aromatic carbocycles. The molecule has 0 saturated heterocycles. The van der Waals surface area contributed by atoms with Gasteiger partial charge in [0.05, 0.1) is 23.4 Å². The van der Waals surface area contributed by atoms with Crippen molar-refractivity contribution in [3.8, 4) is 0 Å². The summed E-state index contributed by atoms with van der Waals surface area (Å²) in [6.45, 7) is 3.22. The van der Waals surface area contributed by atoms with Crippen molar-refractivity contribution in [1.82, 2.24) is 4.98 Å². The van der Waals surface area contributed by atoms with Crippen molar-refractivity contribution in [2.75, 3.05) is 4.72 Å². The largest absolute Gasteiger partial charge is 0.391 e. The van der Waals surface area contributed by atoms with E-state index in [0.29, 0.717) is 16.1 Å². The summed E-state index contributed by atoms with van der Waals surface area (Å²) in [5, 5.41) is 10.9. The van der Waals surface area contributed by atoms with Gasteiger partial charge in [-0.3, -0.25) is 9.71 Å². The van der Waals surface area contributed by atoms with Crippen LogP contribution in [0, 0.1) is 13.8 Å². The van der Waals surface area contributed by atoms with E-state index in [9.17, 15) is 13.5 Å². The lowest BCUT2D eigenvalue weighted by Crippen LogP contribution is -2.15. The number of hydrogen-bond acceptors (Lipinski definition) is 5. The Morgan fingerprint density at radius 1 is 1.37 bits per heavy atom. The molecule has 2 aromatic heterocycles. The first-order chi connectivity index (χ1) is 8.95. The van der Waals surface area contributed by atoms with Gasteiger partial charge in [0.1, 0.15) is 4.90 Å². The fourth-order valence-corrected chi connectivity index (χ4v) is 4.50. The van der Waals surface area contributed by atoms with E-state index < -0.39 is 10.0 Å². The lowest BCUT2D eigenvalue weighted by atomic mass is 10.3. The summed E-state index contributed by atoms with van der Waals surface area (Å²) in [6.07, 6.45) is 3.06. The lowest BCUT2D eigenvalue weighted by molar-refractivity contribution is 0.282. The number of pyridine rings is 1. The molecule has 7 heteroatoms. The highest BCUT2D eigenvalue weighted by atomic mass is 32.2. The van der Waals surface area contributed by atoms with E-state index in [1.807, 2.05) is 0 Å². The second-order valence-electron chi connectivity index (χ2n) is 4.13. The summed E-state index contributed by atoms with van der Waals surface area (Å²) in [6, 6.07) is 1.73. The van der Waals surface area contributed by atoms with Gasteiger partial charge in [0.15, 0.2) is 0 Å². The molecule has 0 amide bonds. The highest BCUT2D eigenvalue weighted by Gasteiger charge is 2.23. The third-order valence-corrected chi connectivity index (χ3v) is 5.50. The monoisotopic (exact) mass is 298 g/mol. The fraction of sp³-hybridized carbons (Fsp3) is 0.250. The van der Waals surface area contributed by atoms with Crippen molar-refractivity contribution in [2.45, 2.75) is 25.3 Å². The van der Waals surface area contributed by atoms with Crippen LogP contribution in [-0.4, -0.2) is 18.5 Å². The molecule has 0 aliphatic rings. The summed E-state index contributed by atoms with van der Waals surface area (Å²) in [4.78, 5) is 4.49. The Labute approximate surface area is 116 Å². The maximum atomic E-state index is 12.4. The molecule has 0 bridgehead atoms. The van der Waals surface area contributed by atoms with E-state index in [1.54, 1.807) is 31.5 Å². The number of nitrogens with one attached hydrogen (secondary N) is 1. The van der Waals surface area contributed by atoms with Crippen LogP contribution in [0.1, 0.15) is 16.0 Å². The minimum absolute atomic E-state index is 0.156. The van der Waals surface area contributed by atoms with Crippen LogP contribution in [0.2, 0.25) is 0 Å². The van der Waals surface area contributed by atoms with Crippen LogP contribution in [0.3, 0.4) is 0 Å². The van der Waals surface area contributed by atoms with Crippen molar-refractivity contribution < 1.29 is 13.5 Å². The topological polar surface area (TPSA) is 79.3 Å². The molecular weight excluding hydrogens is 284 g/mol. The maximum Gasteiger partial charge on any atom is 0.263 e. The summed E-state index contributed by atoms with van der Waals surface area (Å²) in [5.74, 6) is 0. The van der Waals surface area contributed by atoms with E-state index >= 15 is 0 Å². The van der Waals surface area contributed by atoms with Gasteiger partial charge < -0.3 is 5.11 Å². The number of nitrogens with zero attached hydrogens (tertiary/aromatic N) is 1. The zero-order valence-electron chi connectivity index (χ0n) is 10.5. The van der Waals surface area contributed by atoms with Crippen molar-refractivity contribution in [3.63, 3.8) is 0 Å². The zero-order chi connectivity index (χ0) is 14.0. The molecule has 2 aromatic rings. The van der Waals surface area contributed by atoms with Crippen LogP contribution in [0.5, 0.6) is 0 Å². The molecule has 2 rings (SSSR count). The molecule has 0 spiro atoms. The lowest BCUT2D eigenvalue weighted by Gasteiger charge is -2.11. The van der Waals surface area contributed by atoms with Crippen LogP contribution in [0.4, 0.5) is 5.69 Å². The molecule has 5 nitrogen and oxygen atoms in total. The number of aromatic nitrogens is 1. The molecule has 0 aliphatic carbocycles. The van der Waals surface area contributed by atoms with E-state index in [-0.39, 0.29) is 11.5 Å². The highest BCUT2D eigenvalue weighted by molar-refractivity contribution is 7.93. The van der Waals surface area contributed by atoms with Crippen LogP contribution < -0.4 is 4.72 Å². The van der Waals surface area contributed by atoms with Crippen molar-refractivity contribution in [3.05, 3.63) is 39.8 Å². The Balaban J connectivity index is 2.44. The van der Waals surface area contributed by atoms with Gasteiger partial charge in [-0.05, 0) is 36.4 Å².